The Kier molecular flexibility index (Phi) is 7.08. The lowest BCUT2D eigenvalue weighted by Crippen LogP contribution is -2.54. The Labute approximate surface area is 221 Å². The number of imide groups is 2. The maximum absolute atomic E-state index is 13.4. The molecule has 1 atom stereocenters. The normalized spacial score (nSPS) is 20.5. The van der Waals surface area contributed by atoms with Crippen LogP contribution in [0.1, 0.15) is 57.6 Å². The summed E-state index contributed by atoms with van der Waals surface area (Å²) in [6, 6.07) is 7.65. The summed E-state index contributed by atoms with van der Waals surface area (Å²) < 4.78 is 5.69. The van der Waals surface area contributed by atoms with Gasteiger partial charge in [0.05, 0.1) is 22.8 Å². The summed E-state index contributed by atoms with van der Waals surface area (Å²) in [5.74, 6) is -0.807. The third-order valence-electron chi connectivity index (χ3n) is 6.76. The van der Waals surface area contributed by atoms with E-state index in [9.17, 15) is 14.4 Å². The molecule has 4 rings (SSSR count). The average molecular weight is 530 g/mol. The van der Waals surface area contributed by atoms with Gasteiger partial charge in [-0.15, -0.1) is 0 Å². The van der Waals surface area contributed by atoms with Gasteiger partial charge in [0, 0.05) is 29.4 Å². The molecule has 0 saturated carbocycles. The van der Waals surface area contributed by atoms with Gasteiger partial charge in [0.2, 0.25) is 0 Å². The highest BCUT2D eigenvalue weighted by Crippen LogP contribution is 2.46. The predicted molar refractivity (Wildman–Crippen MR) is 143 cm³/mol. The number of barbiturate groups is 1. The molecule has 1 fully saturated rings. The van der Waals surface area contributed by atoms with E-state index in [4.69, 9.17) is 27.9 Å². The highest BCUT2D eigenvalue weighted by molar-refractivity contribution is 6.46. The third kappa shape index (κ3) is 4.46. The van der Waals surface area contributed by atoms with E-state index in [0.29, 0.717) is 11.3 Å². The molecule has 9 heteroatoms. The fourth-order valence-corrected chi connectivity index (χ4v) is 5.54. The lowest BCUT2D eigenvalue weighted by Gasteiger charge is -2.48. The number of hydrogen-bond acceptors (Lipinski definition) is 5. The largest absolute Gasteiger partial charge is 0.496 e. The lowest BCUT2D eigenvalue weighted by molar-refractivity contribution is -0.122. The van der Waals surface area contributed by atoms with E-state index in [1.165, 1.54) is 12.1 Å². The Morgan fingerprint density at radius 1 is 1.17 bits per heavy atom. The number of nitrogens with one attached hydrogen (secondary N) is 1. The van der Waals surface area contributed by atoms with E-state index < -0.39 is 17.8 Å². The number of benzene rings is 2. The highest BCUT2D eigenvalue weighted by Gasteiger charge is 2.39. The van der Waals surface area contributed by atoms with Crippen LogP contribution in [-0.4, -0.2) is 37.0 Å². The number of anilines is 2. The van der Waals surface area contributed by atoms with Gasteiger partial charge < -0.3 is 9.64 Å². The minimum atomic E-state index is -0.894. The second-order valence-corrected chi connectivity index (χ2v) is 10.5. The number of urea groups is 1. The number of carbonyl (C=O) groups excluding carboxylic acids is 3. The molecule has 2 aromatic rings. The summed E-state index contributed by atoms with van der Waals surface area (Å²) in [5.41, 5.74) is 2.63. The minimum absolute atomic E-state index is 0.0241. The number of methoxy groups -OCH3 is 1. The SMILES string of the molecule is CCCN1c2cc(OC)c(/C=C3/C(=O)NC(=O)N(c4cccc(Cl)c4Cl)C3=O)cc2C(C)CC1(C)C. The summed E-state index contributed by atoms with van der Waals surface area (Å²) in [5, 5.41) is 2.45. The van der Waals surface area contributed by atoms with Crippen LogP contribution in [0.3, 0.4) is 0 Å². The fourth-order valence-electron chi connectivity index (χ4n) is 5.16. The van der Waals surface area contributed by atoms with Crippen LogP contribution in [0.2, 0.25) is 10.0 Å². The maximum Gasteiger partial charge on any atom is 0.336 e. The predicted octanol–water partition coefficient (Wildman–Crippen LogP) is 6.17. The number of halogens is 2. The Morgan fingerprint density at radius 2 is 1.89 bits per heavy atom. The van der Waals surface area contributed by atoms with Gasteiger partial charge in [-0.05, 0) is 62.4 Å². The van der Waals surface area contributed by atoms with Crippen LogP contribution in [0.4, 0.5) is 16.2 Å². The number of carbonyl (C=O) groups is 3. The first kappa shape index (κ1) is 26.0. The quantitative estimate of drug-likeness (QED) is 0.370. The van der Waals surface area contributed by atoms with Crippen molar-refractivity contribution in [3.63, 3.8) is 0 Å². The molecule has 1 unspecified atom stereocenters. The van der Waals surface area contributed by atoms with Crippen molar-refractivity contribution in [2.24, 2.45) is 0 Å². The number of hydrogen-bond donors (Lipinski definition) is 1. The Balaban J connectivity index is 1.83. The number of ether oxygens (including phenoxy) is 1. The molecule has 0 bridgehead atoms. The van der Waals surface area contributed by atoms with Crippen LogP contribution in [0, 0.1) is 0 Å². The average Bonchev–Trinajstić information content (AvgIpc) is 2.81. The van der Waals surface area contributed by atoms with Gasteiger partial charge in [0.25, 0.3) is 11.8 Å². The summed E-state index contributed by atoms with van der Waals surface area (Å²) in [6.45, 7) is 9.70. The maximum atomic E-state index is 13.4. The van der Waals surface area contributed by atoms with Crippen LogP contribution in [-0.2, 0) is 9.59 Å². The van der Waals surface area contributed by atoms with Crippen LogP contribution < -0.4 is 19.9 Å². The molecular weight excluding hydrogens is 501 g/mol. The molecular formula is C27H29Cl2N3O4. The number of rotatable bonds is 5. The van der Waals surface area contributed by atoms with Crippen molar-refractivity contribution < 1.29 is 19.1 Å². The molecule has 0 radical (unpaired) electrons. The van der Waals surface area contributed by atoms with Crippen molar-refractivity contribution in [1.82, 2.24) is 5.32 Å². The summed E-state index contributed by atoms with van der Waals surface area (Å²) in [6.07, 6.45) is 3.42. The first-order valence-electron chi connectivity index (χ1n) is 11.8. The molecule has 2 aliphatic rings. The molecule has 2 aromatic carbocycles. The van der Waals surface area contributed by atoms with E-state index in [2.05, 4.69) is 37.9 Å². The molecule has 0 aliphatic carbocycles. The van der Waals surface area contributed by atoms with Gasteiger partial charge in [-0.25, -0.2) is 9.69 Å². The minimum Gasteiger partial charge on any atom is -0.496 e. The molecule has 4 amide bonds. The molecule has 0 aromatic heterocycles. The lowest BCUT2D eigenvalue weighted by atomic mass is 9.79. The molecule has 1 saturated heterocycles. The Hall–Kier alpha value is -3.03. The number of nitrogens with zero attached hydrogens (tertiary/aromatic N) is 2. The number of amides is 4. The van der Waals surface area contributed by atoms with Gasteiger partial charge in [-0.3, -0.25) is 14.9 Å². The summed E-state index contributed by atoms with van der Waals surface area (Å²) in [4.78, 5) is 42.0. The zero-order valence-electron chi connectivity index (χ0n) is 20.9. The van der Waals surface area contributed by atoms with Crippen LogP contribution in [0.15, 0.2) is 35.9 Å². The summed E-state index contributed by atoms with van der Waals surface area (Å²) >= 11 is 12.4. The van der Waals surface area contributed by atoms with Gasteiger partial charge >= 0.3 is 6.03 Å². The third-order valence-corrected chi connectivity index (χ3v) is 7.57. The standard InChI is InChI=1S/C27H29Cl2N3O4/c1-6-10-31-21-13-22(36-5)16(11-17(21)15(2)14-27(31,3)4)12-18-24(33)30-26(35)32(25(18)34)20-9-7-8-19(28)23(20)29/h7-9,11-13,15H,6,10,14H2,1-5H3,(H,30,33,35)/b18-12-. The second-order valence-electron chi connectivity index (χ2n) is 9.75. The highest BCUT2D eigenvalue weighted by atomic mass is 35.5. The van der Waals surface area contributed by atoms with Crippen LogP contribution in [0.25, 0.3) is 6.08 Å². The van der Waals surface area contributed by atoms with Crippen LogP contribution in [0.5, 0.6) is 5.75 Å². The van der Waals surface area contributed by atoms with Crippen molar-refractivity contribution >= 4 is 58.5 Å². The van der Waals surface area contributed by atoms with Crippen molar-refractivity contribution in [1.29, 1.82) is 0 Å². The first-order chi connectivity index (χ1) is 17.0. The van der Waals surface area contributed by atoms with Gasteiger partial charge in [-0.2, -0.15) is 0 Å². The molecule has 190 valence electrons. The van der Waals surface area contributed by atoms with Crippen molar-refractivity contribution in [2.45, 2.75) is 52.0 Å². The fraction of sp³-hybridized carbons (Fsp3) is 0.370. The molecule has 36 heavy (non-hydrogen) atoms. The molecule has 2 heterocycles. The monoisotopic (exact) mass is 529 g/mol. The molecule has 1 N–H and O–H groups in total. The van der Waals surface area contributed by atoms with Gasteiger partial charge in [0.1, 0.15) is 11.3 Å². The van der Waals surface area contributed by atoms with E-state index in [-0.39, 0.29) is 32.8 Å². The van der Waals surface area contributed by atoms with E-state index in [1.807, 2.05) is 12.1 Å². The van der Waals surface area contributed by atoms with Crippen molar-refractivity contribution in [3.8, 4) is 5.75 Å². The second kappa shape index (κ2) is 9.79. The molecule has 7 nitrogen and oxygen atoms in total. The van der Waals surface area contributed by atoms with E-state index >= 15 is 0 Å². The molecule has 2 aliphatic heterocycles. The smallest absolute Gasteiger partial charge is 0.336 e. The first-order valence-corrected chi connectivity index (χ1v) is 12.6. The topological polar surface area (TPSA) is 79.0 Å². The Bertz CT molecular complexity index is 1290. The van der Waals surface area contributed by atoms with Crippen LogP contribution >= 0.6 is 23.2 Å². The zero-order valence-corrected chi connectivity index (χ0v) is 22.5. The van der Waals surface area contributed by atoms with E-state index in [0.717, 1.165) is 35.5 Å². The number of fused-ring (bicyclic) bond motifs is 1. The zero-order chi connectivity index (χ0) is 26.4. The van der Waals surface area contributed by atoms with Crippen molar-refractivity contribution in [3.05, 3.63) is 57.1 Å². The Morgan fingerprint density at radius 3 is 2.56 bits per heavy atom. The molecule has 0 spiro atoms. The van der Waals surface area contributed by atoms with E-state index in [1.54, 1.807) is 19.2 Å². The summed E-state index contributed by atoms with van der Waals surface area (Å²) in [7, 11) is 1.55. The van der Waals surface area contributed by atoms with Gasteiger partial charge in [-0.1, -0.05) is 43.1 Å². The van der Waals surface area contributed by atoms with Gasteiger partial charge in [0.15, 0.2) is 0 Å². The van der Waals surface area contributed by atoms with Crippen molar-refractivity contribution in [2.75, 3.05) is 23.5 Å².